The molecule has 30 heavy (non-hydrogen) atoms. The zero-order chi connectivity index (χ0) is 21.1. The lowest BCUT2D eigenvalue weighted by Gasteiger charge is -2.07. The second-order valence-corrected chi connectivity index (χ2v) is 6.60. The van der Waals surface area contributed by atoms with Crippen LogP contribution in [-0.2, 0) is 0 Å². The summed E-state index contributed by atoms with van der Waals surface area (Å²) >= 11 is 5.95. The second-order valence-electron chi connectivity index (χ2n) is 6.17. The third-order valence-corrected chi connectivity index (χ3v) is 4.45. The summed E-state index contributed by atoms with van der Waals surface area (Å²) in [7, 11) is 0. The molecule has 0 aliphatic heterocycles. The molecule has 4 aromatic rings. The summed E-state index contributed by atoms with van der Waals surface area (Å²) in [5.41, 5.74) is 5.42. The maximum Gasteiger partial charge on any atom is 0.290 e. The van der Waals surface area contributed by atoms with Gasteiger partial charge < -0.3 is 4.42 Å². The minimum absolute atomic E-state index is 0.0187. The largest absolute Gasteiger partial charge is 0.463 e. The standard InChI is InChI=1S/C21H14ClFN4O3/c22-13-7-9-14(10-8-13)27-18(19-6-3-11-30-19)12-17(26-27)21(29)25-24-20(28)15-4-1-2-5-16(15)23/h1-12H,(H,24,28)(H,25,29). The molecule has 0 saturated carbocycles. The van der Waals surface area contributed by atoms with E-state index in [0.717, 1.165) is 6.07 Å². The highest BCUT2D eigenvalue weighted by molar-refractivity contribution is 6.30. The quantitative estimate of drug-likeness (QED) is 0.484. The number of carbonyl (C=O) groups excluding carboxylic acids is 2. The second kappa shape index (κ2) is 8.22. The molecule has 2 N–H and O–H groups in total. The van der Waals surface area contributed by atoms with E-state index in [1.54, 1.807) is 36.4 Å². The van der Waals surface area contributed by atoms with Gasteiger partial charge in [-0.15, -0.1) is 0 Å². The Balaban J connectivity index is 1.59. The zero-order valence-corrected chi connectivity index (χ0v) is 16.1. The highest BCUT2D eigenvalue weighted by Crippen LogP contribution is 2.25. The van der Waals surface area contributed by atoms with E-state index in [9.17, 15) is 14.0 Å². The lowest BCUT2D eigenvalue weighted by atomic mass is 10.2. The monoisotopic (exact) mass is 424 g/mol. The number of hydrogen-bond donors (Lipinski definition) is 2. The van der Waals surface area contributed by atoms with Crippen molar-refractivity contribution in [1.82, 2.24) is 20.6 Å². The van der Waals surface area contributed by atoms with Gasteiger partial charge in [0.05, 0.1) is 17.5 Å². The Morgan fingerprint density at radius 3 is 2.40 bits per heavy atom. The van der Waals surface area contributed by atoms with Gasteiger partial charge in [0.15, 0.2) is 11.5 Å². The summed E-state index contributed by atoms with van der Waals surface area (Å²) in [5, 5.41) is 4.87. The van der Waals surface area contributed by atoms with Crippen molar-refractivity contribution < 1.29 is 18.4 Å². The van der Waals surface area contributed by atoms with Gasteiger partial charge in [-0.25, -0.2) is 9.07 Å². The lowest BCUT2D eigenvalue weighted by molar-refractivity contribution is 0.0841. The van der Waals surface area contributed by atoms with Gasteiger partial charge >= 0.3 is 0 Å². The van der Waals surface area contributed by atoms with Gasteiger partial charge in [-0.3, -0.25) is 20.4 Å². The topological polar surface area (TPSA) is 89.2 Å². The van der Waals surface area contributed by atoms with Crippen molar-refractivity contribution >= 4 is 23.4 Å². The van der Waals surface area contributed by atoms with Gasteiger partial charge in [0, 0.05) is 11.1 Å². The molecule has 0 radical (unpaired) electrons. The molecule has 150 valence electrons. The van der Waals surface area contributed by atoms with Gasteiger partial charge in [-0.2, -0.15) is 5.10 Å². The van der Waals surface area contributed by atoms with Crippen LogP contribution in [0.25, 0.3) is 17.1 Å². The van der Waals surface area contributed by atoms with Gasteiger partial charge in [-0.05, 0) is 48.5 Å². The van der Waals surface area contributed by atoms with Crippen LogP contribution < -0.4 is 10.9 Å². The number of hydrogen-bond acceptors (Lipinski definition) is 4. The fourth-order valence-corrected chi connectivity index (χ4v) is 2.89. The number of nitrogens with one attached hydrogen (secondary N) is 2. The highest BCUT2D eigenvalue weighted by Gasteiger charge is 2.19. The average Bonchev–Trinajstić information content (AvgIpc) is 3.42. The van der Waals surface area contributed by atoms with E-state index in [0.29, 0.717) is 22.2 Å². The summed E-state index contributed by atoms with van der Waals surface area (Å²) < 4.78 is 20.7. The van der Waals surface area contributed by atoms with E-state index in [1.165, 1.54) is 35.2 Å². The van der Waals surface area contributed by atoms with Crippen molar-refractivity contribution in [2.75, 3.05) is 0 Å². The lowest BCUT2D eigenvalue weighted by Crippen LogP contribution is -2.42. The van der Waals surface area contributed by atoms with Crippen LogP contribution in [-0.4, -0.2) is 21.6 Å². The first-order valence-corrected chi connectivity index (χ1v) is 9.16. The first kappa shape index (κ1) is 19.4. The summed E-state index contributed by atoms with van der Waals surface area (Å²) in [5.74, 6) is -1.67. The Kier molecular flexibility index (Phi) is 5.32. The minimum Gasteiger partial charge on any atom is -0.463 e. The van der Waals surface area contributed by atoms with Gasteiger partial charge in [0.1, 0.15) is 11.5 Å². The number of furan rings is 1. The average molecular weight is 425 g/mol. The molecular weight excluding hydrogens is 411 g/mol. The molecule has 2 aromatic heterocycles. The fraction of sp³-hybridized carbons (Fsp3) is 0. The number of halogens is 2. The molecule has 2 amide bonds. The maximum absolute atomic E-state index is 13.7. The van der Waals surface area contributed by atoms with Crippen LogP contribution in [0, 0.1) is 5.82 Å². The molecule has 9 heteroatoms. The molecule has 7 nitrogen and oxygen atoms in total. The highest BCUT2D eigenvalue weighted by atomic mass is 35.5. The Morgan fingerprint density at radius 1 is 0.967 bits per heavy atom. The van der Waals surface area contributed by atoms with Gasteiger partial charge in [0.2, 0.25) is 0 Å². The predicted molar refractivity (Wildman–Crippen MR) is 108 cm³/mol. The van der Waals surface area contributed by atoms with Crippen LogP contribution >= 0.6 is 11.6 Å². The summed E-state index contributed by atoms with van der Waals surface area (Å²) in [6, 6.07) is 17.3. The number of hydrazine groups is 1. The number of aromatic nitrogens is 2. The molecule has 4 rings (SSSR count). The first-order valence-electron chi connectivity index (χ1n) is 8.78. The summed E-state index contributed by atoms with van der Waals surface area (Å²) in [6.45, 7) is 0. The molecule has 0 aliphatic carbocycles. The van der Waals surface area contributed by atoms with Crippen LogP contribution in [0.1, 0.15) is 20.8 Å². The molecule has 2 heterocycles. The van der Waals surface area contributed by atoms with Crippen LogP contribution in [0.4, 0.5) is 4.39 Å². The Hall–Kier alpha value is -3.91. The molecule has 0 saturated heterocycles. The van der Waals surface area contributed by atoms with Crippen LogP contribution in [0.3, 0.4) is 0 Å². The Morgan fingerprint density at radius 2 is 1.70 bits per heavy atom. The molecule has 0 unspecified atom stereocenters. The third-order valence-electron chi connectivity index (χ3n) is 4.19. The molecule has 0 aliphatic rings. The normalized spacial score (nSPS) is 10.6. The van der Waals surface area contributed by atoms with E-state index in [-0.39, 0.29) is 11.3 Å². The van der Waals surface area contributed by atoms with Crippen LogP contribution in [0.15, 0.2) is 77.4 Å². The smallest absolute Gasteiger partial charge is 0.290 e. The molecular formula is C21H14ClFN4O3. The number of carbonyl (C=O) groups is 2. The SMILES string of the molecule is O=C(NNC(=O)c1ccccc1F)c1cc(-c2ccco2)n(-c2ccc(Cl)cc2)n1. The zero-order valence-electron chi connectivity index (χ0n) is 15.3. The Labute approximate surface area is 175 Å². The molecule has 0 atom stereocenters. The minimum atomic E-state index is -0.787. The fourth-order valence-electron chi connectivity index (χ4n) is 2.76. The van der Waals surface area contributed by atoms with Gasteiger partial charge in [0.25, 0.3) is 11.8 Å². The van der Waals surface area contributed by atoms with Crippen molar-refractivity contribution in [3.8, 4) is 17.1 Å². The van der Waals surface area contributed by atoms with E-state index in [4.69, 9.17) is 16.0 Å². The van der Waals surface area contributed by atoms with Crippen molar-refractivity contribution in [3.05, 3.63) is 95.1 Å². The maximum atomic E-state index is 13.7. The van der Waals surface area contributed by atoms with Crippen molar-refractivity contribution in [1.29, 1.82) is 0 Å². The van der Waals surface area contributed by atoms with E-state index < -0.39 is 17.6 Å². The van der Waals surface area contributed by atoms with E-state index in [2.05, 4.69) is 16.0 Å². The van der Waals surface area contributed by atoms with Crippen molar-refractivity contribution in [2.24, 2.45) is 0 Å². The number of rotatable bonds is 4. The predicted octanol–water partition coefficient (Wildman–Crippen LogP) is 4.00. The summed E-state index contributed by atoms with van der Waals surface area (Å²) in [4.78, 5) is 24.6. The summed E-state index contributed by atoms with van der Waals surface area (Å²) in [6.07, 6.45) is 1.50. The number of nitrogens with zero attached hydrogens (tertiary/aromatic N) is 2. The van der Waals surface area contributed by atoms with Crippen molar-refractivity contribution in [2.45, 2.75) is 0 Å². The van der Waals surface area contributed by atoms with Crippen LogP contribution in [0.2, 0.25) is 5.02 Å². The van der Waals surface area contributed by atoms with E-state index in [1.807, 2.05) is 0 Å². The third kappa shape index (κ3) is 3.94. The van der Waals surface area contributed by atoms with Crippen LogP contribution in [0.5, 0.6) is 0 Å². The van der Waals surface area contributed by atoms with Gasteiger partial charge in [-0.1, -0.05) is 23.7 Å². The molecule has 0 fully saturated rings. The number of amides is 2. The van der Waals surface area contributed by atoms with Crippen molar-refractivity contribution in [3.63, 3.8) is 0 Å². The number of benzene rings is 2. The van der Waals surface area contributed by atoms with E-state index >= 15 is 0 Å². The Bertz CT molecular complexity index is 1200. The molecule has 0 spiro atoms. The first-order chi connectivity index (χ1) is 14.5. The molecule has 0 bridgehead atoms. The molecule has 2 aromatic carbocycles.